The second-order valence-electron chi connectivity index (χ2n) is 6.42. The largest absolute Gasteiger partial charge is 0.370 e. The van der Waals surface area contributed by atoms with Crippen molar-refractivity contribution in [3.05, 3.63) is 34.9 Å². The Morgan fingerprint density at radius 3 is 2.75 bits per heavy atom. The Hall–Kier alpha value is -1.54. The summed E-state index contributed by atoms with van der Waals surface area (Å²) in [4.78, 5) is 17.0. The molecular formula is C19H23ClN2O2. The van der Waals surface area contributed by atoms with Crippen molar-refractivity contribution in [2.75, 3.05) is 39.3 Å². The first-order valence-electron chi connectivity index (χ1n) is 8.49. The van der Waals surface area contributed by atoms with Gasteiger partial charge in [0.2, 0.25) is 5.91 Å². The van der Waals surface area contributed by atoms with Gasteiger partial charge in [-0.25, -0.2) is 0 Å². The summed E-state index contributed by atoms with van der Waals surface area (Å²) in [7, 11) is 0. The normalized spacial score (nSPS) is 23.0. The smallest absolute Gasteiger partial charge is 0.225 e. The Kier molecular flexibility index (Phi) is 5.78. The van der Waals surface area contributed by atoms with Crippen molar-refractivity contribution in [2.24, 2.45) is 5.92 Å². The van der Waals surface area contributed by atoms with E-state index in [4.69, 9.17) is 22.8 Å². The zero-order valence-corrected chi connectivity index (χ0v) is 14.5. The Bertz CT molecular complexity index is 620. The summed E-state index contributed by atoms with van der Waals surface area (Å²) in [5, 5.41) is 0.694. The summed E-state index contributed by atoms with van der Waals surface area (Å²) in [6.07, 6.45) is 6.99. The molecule has 1 aromatic rings. The summed E-state index contributed by atoms with van der Waals surface area (Å²) >= 11 is 6.27. The van der Waals surface area contributed by atoms with Crippen molar-refractivity contribution in [3.63, 3.8) is 0 Å². The molecule has 1 amide bonds. The van der Waals surface area contributed by atoms with Crippen LogP contribution in [0.2, 0.25) is 5.02 Å². The molecular weight excluding hydrogens is 324 g/mol. The molecule has 2 aliphatic heterocycles. The first kappa shape index (κ1) is 17.3. The molecule has 0 N–H and O–H groups in total. The predicted molar refractivity (Wildman–Crippen MR) is 94.7 cm³/mol. The molecule has 24 heavy (non-hydrogen) atoms. The number of carbonyl (C=O) groups excluding carboxylic acids is 1. The van der Waals surface area contributed by atoms with E-state index in [1.54, 1.807) is 0 Å². The van der Waals surface area contributed by atoms with Crippen LogP contribution in [0.5, 0.6) is 0 Å². The lowest BCUT2D eigenvalue weighted by molar-refractivity contribution is -0.144. The van der Waals surface area contributed by atoms with Crippen molar-refractivity contribution in [3.8, 4) is 12.3 Å². The van der Waals surface area contributed by atoms with E-state index in [1.165, 1.54) is 0 Å². The number of ether oxygens (including phenoxy) is 1. The highest BCUT2D eigenvalue weighted by atomic mass is 35.5. The van der Waals surface area contributed by atoms with Crippen LogP contribution in [0, 0.1) is 18.3 Å². The van der Waals surface area contributed by atoms with Crippen molar-refractivity contribution < 1.29 is 9.53 Å². The molecule has 0 spiro atoms. The monoisotopic (exact) mass is 346 g/mol. The van der Waals surface area contributed by atoms with Gasteiger partial charge in [0, 0.05) is 23.0 Å². The van der Waals surface area contributed by atoms with Crippen LogP contribution >= 0.6 is 11.6 Å². The molecule has 5 heteroatoms. The number of hydrogen-bond donors (Lipinski definition) is 0. The molecule has 1 unspecified atom stereocenters. The average molecular weight is 347 g/mol. The standard InChI is InChI=1S/C19H23ClN2O2/c1-2-9-21-10-7-15(8-11-21)19(23)22-12-13-24-18(14-22)16-5-3-4-6-17(16)20/h1,3-6,15,18H,7-14H2. The maximum absolute atomic E-state index is 12.9. The van der Waals surface area contributed by atoms with Crippen molar-refractivity contribution in [2.45, 2.75) is 18.9 Å². The number of halogens is 1. The summed E-state index contributed by atoms with van der Waals surface area (Å²) in [5.74, 6) is 3.02. The number of amides is 1. The molecule has 1 atom stereocenters. The van der Waals surface area contributed by atoms with Gasteiger partial charge >= 0.3 is 0 Å². The van der Waals surface area contributed by atoms with Gasteiger partial charge in [0.15, 0.2) is 0 Å². The van der Waals surface area contributed by atoms with E-state index in [-0.39, 0.29) is 17.9 Å². The number of piperidine rings is 1. The van der Waals surface area contributed by atoms with E-state index in [0.29, 0.717) is 31.3 Å². The molecule has 2 saturated heterocycles. The SMILES string of the molecule is C#CCN1CCC(C(=O)N2CCOC(c3ccccc3Cl)C2)CC1. The summed E-state index contributed by atoms with van der Waals surface area (Å²) in [6, 6.07) is 7.69. The number of rotatable bonds is 3. The van der Waals surface area contributed by atoms with Gasteiger partial charge in [-0.1, -0.05) is 35.7 Å². The second kappa shape index (κ2) is 8.02. The number of hydrogen-bond acceptors (Lipinski definition) is 3. The lowest BCUT2D eigenvalue weighted by atomic mass is 9.94. The van der Waals surface area contributed by atoms with Gasteiger partial charge in [-0.2, -0.15) is 0 Å². The van der Waals surface area contributed by atoms with E-state index in [0.717, 1.165) is 31.5 Å². The van der Waals surface area contributed by atoms with Crippen LogP contribution in [0.1, 0.15) is 24.5 Å². The van der Waals surface area contributed by atoms with Gasteiger partial charge in [0.1, 0.15) is 6.10 Å². The minimum atomic E-state index is -0.141. The second-order valence-corrected chi connectivity index (χ2v) is 6.83. The first-order chi connectivity index (χ1) is 11.7. The molecule has 4 nitrogen and oxygen atoms in total. The van der Waals surface area contributed by atoms with E-state index in [1.807, 2.05) is 29.2 Å². The first-order valence-corrected chi connectivity index (χ1v) is 8.87. The number of benzene rings is 1. The molecule has 0 saturated carbocycles. The van der Waals surface area contributed by atoms with Crippen molar-refractivity contribution in [1.29, 1.82) is 0 Å². The molecule has 3 rings (SSSR count). The maximum atomic E-state index is 12.9. The summed E-state index contributed by atoms with van der Waals surface area (Å²) < 4.78 is 5.85. The van der Waals surface area contributed by atoms with Gasteiger partial charge in [0.05, 0.1) is 19.7 Å². The Morgan fingerprint density at radius 1 is 1.29 bits per heavy atom. The van der Waals surface area contributed by atoms with Gasteiger partial charge in [0.25, 0.3) is 0 Å². The Balaban J connectivity index is 1.60. The molecule has 0 radical (unpaired) electrons. The van der Waals surface area contributed by atoms with Crippen LogP contribution in [-0.4, -0.2) is 55.0 Å². The van der Waals surface area contributed by atoms with E-state index in [2.05, 4.69) is 10.8 Å². The molecule has 0 aromatic heterocycles. The van der Waals surface area contributed by atoms with Gasteiger partial charge in [-0.15, -0.1) is 6.42 Å². The van der Waals surface area contributed by atoms with Gasteiger partial charge < -0.3 is 9.64 Å². The minimum Gasteiger partial charge on any atom is -0.370 e. The highest BCUT2D eigenvalue weighted by molar-refractivity contribution is 6.31. The number of terminal acetylenes is 1. The number of nitrogens with zero attached hydrogens (tertiary/aromatic N) is 2. The Morgan fingerprint density at radius 2 is 2.04 bits per heavy atom. The zero-order chi connectivity index (χ0) is 16.9. The fourth-order valence-electron chi connectivity index (χ4n) is 3.50. The zero-order valence-electron chi connectivity index (χ0n) is 13.8. The van der Waals surface area contributed by atoms with E-state index in [9.17, 15) is 4.79 Å². The van der Waals surface area contributed by atoms with Crippen molar-refractivity contribution in [1.82, 2.24) is 9.80 Å². The lowest BCUT2D eigenvalue weighted by Crippen LogP contribution is -2.47. The molecule has 2 aliphatic rings. The van der Waals surface area contributed by atoms with E-state index >= 15 is 0 Å². The number of morpholine rings is 1. The third-order valence-corrected chi connectivity index (χ3v) is 5.23. The fourth-order valence-corrected chi connectivity index (χ4v) is 3.76. The molecule has 0 bridgehead atoms. The van der Waals surface area contributed by atoms with Crippen molar-refractivity contribution >= 4 is 17.5 Å². The molecule has 2 heterocycles. The van der Waals surface area contributed by atoms with Crippen LogP contribution in [0.4, 0.5) is 0 Å². The summed E-state index contributed by atoms with van der Waals surface area (Å²) in [5.41, 5.74) is 0.959. The topological polar surface area (TPSA) is 32.8 Å². The summed E-state index contributed by atoms with van der Waals surface area (Å²) in [6.45, 7) is 4.26. The van der Waals surface area contributed by atoms with E-state index < -0.39 is 0 Å². The Labute approximate surface area is 148 Å². The van der Waals surface area contributed by atoms with Crippen LogP contribution in [0.25, 0.3) is 0 Å². The fraction of sp³-hybridized carbons (Fsp3) is 0.526. The third kappa shape index (κ3) is 3.92. The quantitative estimate of drug-likeness (QED) is 0.789. The van der Waals surface area contributed by atoms with Crippen LogP contribution in [0.15, 0.2) is 24.3 Å². The maximum Gasteiger partial charge on any atom is 0.225 e. The molecule has 0 aliphatic carbocycles. The van der Waals surface area contributed by atoms with Crippen LogP contribution < -0.4 is 0 Å². The predicted octanol–water partition coefficient (Wildman–Crippen LogP) is 2.59. The van der Waals surface area contributed by atoms with Gasteiger partial charge in [-0.3, -0.25) is 9.69 Å². The van der Waals surface area contributed by atoms with Gasteiger partial charge in [-0.05, 0) is 32.0 Å². The lowest BCUT2D eigenvalue weighted by Gasteiger charge is -2.37. The van der Waals surface area contributed by atoms with Crippen LogP contribution in [0.3, 0.4) is 0 Å². The van der Waals surface area contributed by atoms with Crippen LogP contribution in [-0.2, 0) is 9.53 Å². The highest BCUT2D eigenvalue weighted by Gasteiger charge is 2.32. The minimum absolute atomic E-state index is 0.101. The number of likely N-dealkylation sites (tertiary alicyclic amines) is 1. The average Bonchev–Trinajstić information content (AvgIpc) is 2.62. The molecule has 128 valence electrons. The molecule has 1 aromatic carbocycles. The number of carbonyl (C=O) groups is 1. The third-order valence-electron chi connectivity index (χ3n) is 4.88. The molecule has 2 fully saturated rings. The highest BCUT2D eigenvalue weighted by Crippen LogP contribution is 2.29.